The molecule has 0 spiro atoms. The van der Waals surface area contributed by atoms with Crippen molar-refractivity contribution in [3.8, 4) is 0 Å². The number of carbonyl (C=O) groups is 2. The van der Waals surface area contributed by atoms with Gasteiger partial charge in [-0.3, -0.25) is 4.68 Å². The molecule has 0 saturated carbocycles. The average molecular weight is 590 g/mol. The Kier molecular flexibility index (Phi) is 11.0. The minimum Gasteiger partial charge on any atom is -0.479 e. The number of aliphatic carboxylic acids is 2. The van der Waals surface area contributed by atoms with Crippen LogP contribution >= 0.6 is 0 Å². The Morgan fingerprint density at radius 1 is 0.814 bits per heavy atom. The van der Waals surface area contributed by atoms with Crippen molar-refractivity contribution in [3.05, 3.63) is 125 Å². The van der Waals surface area contributed by atoms with Crippen LogP contribution in [0.25, 0.3) is 0 Å². The van der Waals surface area contributed by atoms with Gasteiger partial charge in [0, 0.05) is 30.9 Å². The molecule has 0 fully saturated rings. The summed E-state index contributed by atoms with van der Waals surface area (Å²) >= 11 is 0. The van der Waals surface area contributed by atoms with Crippen LogP contribution in [-0.4, -0.2) is 74.3 Å². The number of nitrogens with zero attached hydrogens (tertiary/aromatic N) is 3. The largest absolute Gasteiger partial charge is 0.479 e. The lowest BCUT2D eigenvalue weighted by Crippen LogP contribution is -2.59. The lowest BCUT2D eigenvalue weighted by atomic mass is 9.71. The second-order valence-electron chi connectivity index (χ2n) is 10.5. The number of likely N-dealkylation sites (N-methyl/N-ethyl adjacent to an activating group) is 1. The summed E-state index contributed by atoms with van der Waals surface area (Å²) < 4.78 is 7.93. The Balaban J connectivity index is 0.000000242. The molecule has 4 N–H and O–H groups in total. The van der Waals surface area contributed by atoms with Gasteiger partial charge in [0.15, 0.2) is 0 Å². The van der Waals surface area contributed by atoms with Crippen molar-refractivity contribution in [2.45, 2.75) is 31.2 Å². The first-order chi connectivity index (χ1) is 20.4. The molecule has 0 radical (unpaired) electrons. The van der Waals surface area contributed by atoms with Crippen LogP contribution in [0.15, 0.2) is 91.1 Å². The molecular weight excluding hydrogens is 550 g/mol. The minimum atomic E-state index is -3.07. The highest BCUT2D eigenvalue weighted by Crippen LogP contribution is 2.43. The Bertz CT molecular complexity index is 1450. The van der Waals surface area contributed by atoms with E-state index >= 15 is 0 Å². The van der Waals surface area contributed by atoms with Crippen LogP contribution in [0.5, 0.6) is 0 Å². The van der Waals surface area contributed by atoms with E-state index in [1.165, 1.54) is 50.2 Å². The summed E-state index contributed by atoms with van der Waals surface area (Å²) in [5, 5.41) is 45.5. The smallest absolute Gasteiger partial charge is 0.344 e. The van der Waals surface area contributed by atoms with Gasteiger partial charge in [-0.1, -0.05) is 78.9 Å². The van der Waals surface area contributed by atoms with E-state index in [1.807, 2.05) is 50.1 Å². The van der Waals surface area contributed by atoms with Gasteiger partial charge < -0.3 is 30.1 Å². The molecule has 1 aromatic heterocycles. The molecule has 0 saturated heterocycles. The zero-order valence-electron chi connectivity index (χ0n) is 25.0. The summed E-state index contributed by atoms with van der Waals surface area (Å²) in [6.45, 7) is 4.66. The summed E-state index contributed by atoms with van der Waals surface area (Å²) in [4.78, 5) is 26.0. The van der Waals surface area contributed by atoms with E-state index in [1.54, 1.807) is 18.3 Å². The number of aromatic nitrogens is 2. The van der Waals surface area contributed by atoms with Crippen LogP contribution in [0.1, 0.15) is 39.6 Å². The summed E-state index contributed by atoms with van der Waals surface area (Å²) in [6, 6.07) is 24.1. The third-order valence-electron chi connectivity index (χ3n) is 7.27. The fraction of sp³-hybridized carbons (Fsp3) is 0.303. The summed E-state index contributed by atoms with van der Waals surface area (Å²) in [6.07, 6.45) is 1.74. The highest BCUT2D eigenvalue weighted by molar-refractivity contribution is 5.93. The van der Waals surface area contributed by atoms with Crippen molar-refractivity contribution in [2.24, 2.45) is 7.05 Å². The third-order valence-corrected chi connectivity index (χ3v) is 7.27. The quantitative estimate of drug-likeness (QED) is 0.206. The van der Waals surface area contributed by atoms with Crippen LogP contribution in [-0.2, 0) is 32.6 Å². The maximum Gasteiger partial charge on any atom is 0.344 e. The van der Waals surface area contributed by atoms with Crippen molar-refractivity contribution in [1.29, 1.82) is 0 Å². The lowest BCUT2D eigenvalue weighted by Gasteiger charge is -2.39. The molecule has 0 bridgehead atoms. The Labute approximate surface area is 251 Å². The summed E-state index contributed by atoms with van der Waals surface area (Å²) in [5.74, 6) is -3.71. The summed E-state index contributed by atoms with van der Waals surface area (Å²) in [5.41, 5.74) is -3.61. The maximum absolute atomic E-state index is 11.9. The van der Waals surface area contributed by atoms with Gasteiger partial charge in [-0.05, 0) is 50.7 Å². The minimum absolute atomic E-state index is 0.0614. The number of hydrogen-bond acceptors (Lipinski definition) is 7. The molecule has 1 heterocycles. The Hall–Kier alpha value is -4.35. The molecular formula is C33H39N3O7. The van der Waals surface area contributed by atoms with Gasteiger partial charge >= 0.3 is 11.9 Å². The number of ether oxygens (including phenoxy) is 1. The fourth-order valence-electron chi connectivity index (χ4n) is 4.86. The van der Waals surface area contributed by atoms with E-state index in [9.17, 15) is 30.0 Å². The normalized spacial score (nSPS) is 14.6. The van der Waals surface area contributed by atoms with Crippen LogP contribution in [0.3, 0.4) is 0 Å². The zero-order chi connectivity index (χ0) is 31.8. The van der Waals surface area contributed by atoms with E-state index in [-0.39, 0.29) is 17.2 Å². The molecule has 10 nitrogen and oxygen atoms in total. The van der Waals surface area contributed by atoms with Crippen molar-refractivity contribution in [2.75, 3.05) is 27.2 Å². The second-order valence-corrected chi connectivity index (χ2v) is 10.5. The third kappa shape index (κ3) is 7.00. The van der Waals surface area contributed by atoms with Gasteiger partial charge in [-0.15, -0.1) is 0 Å². The Morgan fingerprint density at radius 3 is 1.67 bits per heavy atom. The first-order valence-electron chi connectivity index (χ1n) is 13.7. The van der Waals surface area contributed by atoms with Crippen LogP contribution in [0.4, 0.5) is 0 Å². The molecule has 0 unspecified atom stereocenters. The van der Waals surface area contributed by atoms with Gasteiger partial charge in [-0.25, -0.2) is 9.59 Å². The van der Waals surface area contributed by atoms with Crippen molar-refractivity contribution < 1.29 is 34.8 Å². The molecule has 4 aromatic rings. The monoisotopic (exact) mass is 589 g/mol. The van der Waals surface area contributed by atoms with E-state index in [0.29, 0.717) is 17.7 Å². The Morgan fingerprint density at radius 2 is 1.28 bits per heavy atom. The standard InChI is InChI=1S/C18H18O6.C15H21N3O/c1-11-7-3-5-9-13(11)17(23,15(19)20)18(24,16(21)22)14-10-6-4-8-12(14)2;1-17(2)11-12-19-15(13-7-5-4-6-8-13)14-9-10-16-18(14)3/h3-10,23-24H,1-2H3,(H,19,20)(H,21,22);4-10,15H,11-12H2,1-3H3/t17-,18-;15-/m10/s1. The van der Waals surface area contributed by atoms with E-state index in [0.717, 1.165) is 17.8 Å². The molecule has 228 valence electrons. The first-order valence-corrected chi connectivity index (χ1v) is 13.7. The zero-order valence-corrected chi connectivity index (χ0v) is 25.0. The number of carboxylic acid groups (broad SMARTS) is 2. The van der Waals surface area contributed by atoms with Crippen LogP contribution < -0.4 is 0 Å². The number of aryl methyl sites for hydroxylation is 3. The van der Waals surface area contributed by atoms with Crippen molar-refractivity contribution in [3.63, 3.8) is 0 Å². The number of aliphatic hydroxyl groups is 2. The molecule has 10 heteroatoms. The summed E-state index contributed by atoms with van der Waals surface area (Å²) in [7, 11) is 6.04. The second kappa shape index (κ2) is 14.2. The van der Waals surface area contributed by atoms with Gasteiger partial charge in [-0.2, -0.15) is 5.10 Å². The molecule has 3 atom stereocenters. The molecule has 0 aliphatic carbocycles. The number of carboxylic acids is 2. The molecule has 3 aromatic carbocycles. The predicted octanol–water partition coefficient (Wildman–Crippen LogP) is 3.64. The maximum atomic E-state index is 11.9. The van der Waals surface area contributed by atoms with Crippen LogP contribution in [0.2, 0.25) is 0 Å². The number of rotatable bonds is 11. The van der Waals surface area contributed by atoms with E-state index in [4.69, 9.17) is 4.74 Å². The highest BCUT2D eigenvalue weighted by atomic mass is 16.5. The SMILES string of the molecule is CN(C)CCO[C@@H](c1ccccc1)c1ccnn1C.Cc1ccccc1[C@@](O)(C(=O)O)[C@](O)(C(=O)O)c1ccccc1C. The van der Waals surface area contributed by atoms with Crippen molar-refractivity contribution >= 4 is 11.9 Å². The molecule has 43 heavy (non-hydrogen) atoms. The highest BCUT2D eigenvalue weighted by Gasteiger charge is 2.63. The average Bonchev–Trinajstić information content (AvgIpc) is 3.40. The first kappa shape index (κ1) is 33.2. The van der Waals surface area contributed by atoms with Gasteiger partial charge in [0.05, 0.1) is 12.3 Å². The van der Waals surface area contributed by atoms with E-state index < -0.39 is 23.1 Å². The molecule has 0 amide bonds. The van der Waals surface area contributed by atoms with Crippen molar-refractivity contribution in [1.82, 2.24) is 14.7 Å². The number of hydrogen-bond donors (Lipinski definition) is 4. The topological polar surface area (TPSA) is 145 Å². The van der Waals surface area contributed by atoms with Crippen LogP contribution in [0, 0.1) is 13.8 Å². The molecule has 0 aliphatic heterocycles. The molecule has 4 rings (SSSR count). The fourth-order valence-corrected chi connectivity index (χ4v) is 4.86. The lowest BCUT2D eigenvalue weighted by molar-refractivity contribution is -0.213. The van der Waals surface area contributed by atoms with E-state index in [2.05, 4.69) is 22.1 Å². The van der Waals surface area contributed by atoms with Gasteiger partial charge in [0.25, 0.3) is 0 Å². The van der Waals surface area contributed by atoms with Gasteiger partial charge in [0.1, 0.15) is 6.10 Å². The molecule has 0 aliphatic rings. The number of benzene rings is 3. The van der Waals surface area contributed by atoms with Gasteiger partial charge in [0.2, 0.25) is 11.2 Å². The predicted molar refractivity (Wildman–Crippen MR) is 161 cm³/mol.